The number of esters is 1. The lowest BCUT2D eigenvalue weighted by atomic mass is 9.63. The molecule has 0 spiro atoms. The first kappa shape index (κ1) is 18.0. The molecular weight excluding hydrogens is 330 g/mol. The summed E-state index contributed by atoms with van der Waals surface area (Å²) in [5, 5.41) is 2.78. The fourth-order valence-electron chi connectivity index (χ4n) is 3.40. The van der Waals surface area contributed by atoms with Gasteiger partial charge in [0.1, 0.15) is 12.1 Å². The summed E-state index contributed by atoms with van der Waals surface area (Å²) >= 11 is 0. The van der Waals surface area contributed by atoms with E-state index in [1.54, 1.807) is 0 Å². The molecule has 1 aliphatic carbocycles. The minimum atomic E-state index is -1.07. The lowest BCUT2D eigenvalue weighted by Crippen LogP contribution is -2.64. The maximum absolute atomic E-state index is 12.5. The summed E-state index contributed by atoms with van der Waals surface area (Å²) in [5.74, 6) is -0.564. The number of amides is 1. The maximum atomic E-state index is 12.5. The summed E-state index contributed by atoms with van der Waals surface area (Å²) in [6.07, 6.45) is 0.714. The molecule has 0 aromatic heterocycles. The van der Waals surface area contributed by atoms with E-state index in [2.05, 4.69) is 5.32 Å². The van der Waals surface area contributed by atoms with Crippen LogP contribution in [0, 0.1) is 6.92 Å². The molecular formula is C21H23NO4. The highest BCUT2D eigenvalue weighted by Crippen LogP contribution is 2.47. The molecule has 5 nitrogen and oxygen atoms in total. The molecule has 5 heteroatoms. The summed E-state index contributed by atoms with van der Waals surface area (Å²) in [6.45, 7) is 2.16. The molecule has 0 aliphatic heterocycles. The average Bonchev–Trinajstić information content (AvgIpc) is 2.65. The van der Waals surface area contributed by atoms with Crippen LogP contribution < -0.4 is 5.32 Å². The van der Waals surface area contributed by atoms with Crippen LogP contribution in [-0.4, -0.2) is 24.7 Å². The van der Waals surface area contributed by atoms with Crippen molar-refractivity contribution in [3.05, 3.63) is 71.3 Å². The van der Waals surface area contributed by atoms with Crippen LogP contribution in [0.4, 0.5) is 4.79 Å². The van der Waals surface area contributed by atoms with E-state index in [0.29, 0.717) is 6.42 Å². The first-order chi connectivity index (χ1) is 12.5. The van der Waals surface area contributed by atoms with Crippen molar-refractivity contribution in [2.45, 2.75) is 37.8 Å². The fourth-order valence-corrected chi connectivity index (χ4v) is 3.40. The van der Waals surface area contributed by atoms with Crippen molar-refractivity contribution in [1.82, 2.24) is 5.32 Å². The highest BCUT2D eigenvalue weighted by Gasteiger charge is 2.55. The molecule has 1 aliphatic rings. The second-order valence-electron chi connectivity index (χ2n) is 6.65. The highest BCUT2D eigenvalue weighted by molar-refractivity contribution is 5.88. The third-order valence-electron chi connectivity index (χ3n) is 4.99. The Kier molecular flexibility index (Phi) is 5.26. The number of hydrogen-bond donors (Lipinski definition) is 1. The number of benzene rings is 2. The van der Waals surface area contributed by atoms with E-state index in [-0.39, 0.29) is 12.5 Å². The van der Waals surface area contributed by atoms with Crippen molar-refractivity contribution in [2.75, 3.05) is 7.11 Å². The Bertz CT molecular complexity index is 772. The second-order valence-corrected chi connectivity index (χ2v) is 6.65. The van der Waals surface area contributed by atoms with Crippen molar-refractivity contribution in [1.29, 1.82) is 0 Å². The number of carbonyl (C=O) groups excluding carboxylic acids is 2. The smallest absolute Gasteiger partial charge is 0.408 e. The Morgan fingerprint density at radius 3 is 2.38 bits per heavy atom. The number of ether oxygens (including phenoxy) is 2. The first-order valence-corrected chi connectivity index (χ1v) is 8.69. The summed E-state index contributed by atoms with van der Waals surface area (Å²) in [5.41, 5.74) is 1.97. The standard InChI is InChI=1S/C21H23NO4/c1-15-8-10-17(11-9-15)18-12-13-21(18,19(23)25-2)22-20(24)26-14-16-6-4-3-5-7-16/h3-11,18H,12-14H2,1-2H3,(H,22,24)/t18-,21-/m1/s1. The van der Waals surface area contributed by atoms with Crippen molar-refractivity contribution in [2.24, 2.45) is 0 Å². The third-order valence-corrected chi connectivity index (χ3v) is 4.99. The van der Waals surface area contributed by atoms with Crippen LogP contribution in [0.2, 0.25) is 0 Å². The van der Waals surface area contributed by atoms with Gasteiger partial charge in [-0.1, -0.05) is 60.2 Å². The number of methoxy groups -OCH3 is 1. The zero-order valence-electron chi connectivity index (χ0n) is 15.0. The zero-order valence-corrected chi connectivity index (χ0v) is 15.0. The summed E-state index contributed by atoms with van der Waals surface area (Å²) in [7, 11) is 1.34. The number of hydrogen-bond acceptors (Lipinski definition) is 4. The molecule has 0 unspecified atom stereocenters. The van der Waals surface area contributed by atoms with Gasteiger partial charge < -0.3 is 14.8 Å². The van der Waals surface area contributed by atoms with Gasteiger partial charge in [-0.2, -0.15) is 0 Å². The molecule has 1 saturated carbocycles. The van der Waals surface area contributed by atoms with Gasteiger partial charge >= 0.3 is 12.1 Å². The van der Waals surface area contributed by atoms with Crippen LogP contribution in [0.5, 0.6) is 0 Å². The quantitative estimate of drug-likeness (QED) is 0.832. The van der Waals surface area contributed by atoms with Gasteiger partial charge in [-0.15, -0.1) is 0 Å². The van der Waals surface area contributed by atoms with Gasteiger partial charge in [-0.3, -0.25) is 0 Å². The molecule has 3 rings (SSSR count). The SMILES string of the molecule is COC(=O)[C@@]1(NC(=O)OCc2ccccc2)CC[C@@H]1c1ccc(C)cc1. The van der Waals surface area contributed by atoms with Crippen LogP contribution in [-0.2, 0) is 20.9 Å². The van der Waals surface area contributed by atoms with Crippen molar-refractivity contribution in [3.63, 3.8) is 0 Å². The van der Waals surface area contributed by atoms with E-state index in [1.165, 1.54) is 7.11 Å². The van der Waals surface area contributed by atoms with Crippen LogP contribution >= 0.6 is 0 Å². The number of alkyl carbamates (subject to hydrolysis) is 1. The Morgan fingerprint density at radius 1 is 1.12 bits per heavy atom. The maximum Gasteiger partial charge on any atom is 0.408 e. The van der Waals surface area contributed by atoms with Gasteiger partial charge in [-0.25, -0.2) is 9.59 Å². The fraction of sp³-hybridized carbons (Fsp3) is 0.333. The van der Waals surface area contributed by atoms with Gasteiger partial charge in [-0.05, 0) is 30.9 Å². The zero-order chi connectivity index (χ0) is 18.6. The molecule has 26 heavy (non-hydrogen) atoms. The molecule has 1 amide bonds. The van der Waals surface area contributed by atoms with Gasteiger partial charge in [0, 0.05) is 5.92 Å². The molecule has 1 fully saturated rings. The summed E-state index contributed by atoms with van der Waals surface area (Å²) < 4.78 is 10.3. The minimum Gasteiger partial charge on any atom is -0.467 e. The molecule has 2 aromatic rings. The monoisotopic (exact) mass is 353 g/mol. The third kappa shape index (κ3) is 3.57. The Labute approximate surface area is 153 Å². The topological polar surface area (TPSA) is 64.6 Å². The summed E-state index contributed by atoms with van der Waals surface area (Å²) in [4.78, 5) is 24.8. The van der Waals surface area contributed by atoms with E-state index < -0.39 is 17.6 Å². The van der Waals surface area contributed by atoms with Gasteiger partial charge in [0.15, 0.2) is 0 Å². The molecule has 0 bridgehead atoms. The number of aryl methyl sites for hydroxylation is 1. The molecule has 0 heterocycles. The minimum absolute atomic E-state index is 0.125. The van der Waals surface area contributed by atoms with E-state index >= 15 is 0 Å². The van der Waals surface area contributed by atoms with Crippen molar-refractivity contribution < 1.29 is 19.1 Å². The number of carbonyl (C=O) groups is 2. The van der Waals surface area contributed by atoms with E-state index in [9.17, 15) is 9.59 Å². The molecule has 2 atom stereocenters. The number of rotatable bonds is 5. The molecule has 0 saturated heterocycles. The molecule has 0 radical (unpaired) electrons. The van der Waals surface area contributed by atoms with E-state index in [1.807, 2.05) is 61.5 Å². The van der Waals surface area contributed by atoms with Crippen LogP contribution in [0.3, 0.4) is 0 Å². The van der Waals surface area contributed by atoms with Crippen LogP contribution in [0.15, 0.2) is 54.6 Å². The Balaban J connectivity index is 1.72. The normalized spacial score (nSPS) is 21.4. The molecule has 136 valence electrons. The predicted molar refractivity (Wildman–Crippen MR) is 97.7 cm³/mol. The van der Waals surface area contributed by atoms with Crippen LogP contribution in [0.1, 0.15) is 35.4 Å². The second kappa shape index (κ2) is 7.60. The lowest BCUT2D eigenvalue weighted by molar-refractivity contribution is -0.153. The predicted octanol–water partition coefficient (Wildman–Crippen LogP) is 3.71. The number of nitrogens with one attached hydrogen (secondary N) is 1. The Hall–Kier alpha value is -2.82. The van der Waals surface area contributed by atoms with Gasteiger partial charge in [0.25, 0.3) is 0 Å². The molecule has 2 aromatic carbocycles. The highest BCUT2D eigenvalue weighted by atomic mass is 16.6. The van der Waals surface area contributed by atoms with Crippen LogP contribution in [0.25, 0.3) is 0 Å². The molecule has 1 N–H and O–H groups in total. The summed E-state index contributed by atoms with van der Waals surface area (Å²) in [6, 6.07) is 17.4. The van der Waals surface area contributed by atoms with Gasteiger partial charge in [0.2, 0.25) is 0 Å². The van der Waals surface area contributed by atoms with Gasteiger partial charge in [0.05, 0.1) is 7.11 Å². The van der Waals surface area contributed by atoms with Crippen molar-refractivity contribution >= 4 is 12.1 Å². The lowest BCUT2D eigenvalue weighted by Gasteiger charge is -2.47. The van der Waals surface area contributed by atoms with E-state index in [0.717, 1.165) is 23.1 Å². The van der Waals surface area contributed by atoms with Crippen molar-refractivity contribution in [3.8, 4) is 0 Å². The van der Waals surface area contributed by atoms with E-state index in [4.69, 9.17) is 9.47 Å². The first-order valence-electron chi connectivity index (χ1n) is 8.69. The Morgan fingerprint density at radius 2 is 1.81 bits per heavy atom. The largest absolute Gasteiger partial charge is 0.467 e. The average molecular weight is 353 g/mol.